The lowest BCUT2D eigenvalue weighted by Crippen LogP contribution is -2.41. The Bertz CT molecular complexity index is 1630. The van der Waals surface area contributed by atoms with Crippen molar-refractivity contribution in [2.24, 2.45) is 0 Å². The first kappa shape index (κ1) is 25.7. The summed E-state index contributed by atoms with van der Waals surface area (Å²) in [6.45, 7) is 2.32. The SMILES string of the molecule is COc1ccccc1-n1c(C(C)N(CCc2ccccc2)C(=O)Nc2ccccc2)nc2ccccc2c1=O. The van der Waals surface area contributed by atoms with Crippen LogP contribution in [0.4, 0.5) is 10.5 Å². The van der Waals surface area contributed by atoms with Crippen LogP contribution >= 0.6 is 0 Å². The van der Waals surface area contributed by atoms with Crippen molar-refractivity contribution in [3.8, 4) is 11.4 Å². The van der Waals surface area contributed by atoms with E-state index in [4.69, 9.17) is 9.72 Å². The number of aromatic nitrogens is 2. The smallest absolute Gasteiger partial charge is 0.322 e. The largest absolute Gasteiger partial charge is 0.495 e. The van der Waals surface area contributed by atoms with Crippen LogP contribution in [0, 0.1) is 0 Å². The van der Waals surface area contributed by atoms with E-state index in [9.17, 15) is 9.59 Å². The summed E-state index contributed by atoms with van der Waals surface area (Å²) < 4.78 is 7.18. The molecule has 0 bridgehead atoms. The van der Waals surface area contributed by atoms with Gasteiger partial charge >= 0.3 is 6.03 Å². The van der Waals surface area contributed by atoms with Crippen LogP contribution in [0.15, 0.2) is 114 Å². The van der Waals surface area contributed by atoms with Crippen molar-refractivity contribution in [2.75, 3.05) is 19.0 Å². The molecule has 5 aromatic rings. The Balaban J connectivity index is 1.63. The number of rotatable bonds is 8. The number of nitrogens with one attached hydrogen (secondary N) is 1. The summed E-state index contributed by atoms with van der Waals surface area (Å²) in [5, 5.41) is 3.50. The predicted molar refractivity (Wildman–Crippen MR) is 155 cm³/mol. The molecule has 7 nitrogen and oxygen atoms in total. The predicted octanol–water partition coefficient (Wildman–Crippen LogP) is 6.23. The number of methoxy groups -OCH3 is 1. The molecule has 39 heavy (non-hydrogen) atoms. The lowest BCUT2D eigenvalue weighted by Gasteiger charge is -2.31. The summed E-state index contributed by atoms with van der Waals surface area (Å²) in [6.07, 6.45) is 0.639. The van der Waals surface area contributed by atoms with E-state index >= 15 is 0 Å². The van der Waals surface area contributed by atoms with E-state index in [1.54, 1.807) is 28.7 Å². The minimum atomic E-state index is -0.556. The number of carbonyl (C=O) groups excluding carboxylic acids is 1. The summed E-state index contributed by atoms with van der Waals surface area (Å²) in [7, 11) is 1.57. The molecule has 0 saturated heterocycles. The molecule has 196 valence electrons. The van der Waals surface area contributed by atoms with Gasteiger partial charge in [0.15, 0.2) is 0 Å². The summed E-state index contributed by atoms with van der Waals surface area (Å²) in [4.78, 5) is 34.3. The van der Waals surface area contributed by atoms with Crippen LogP contribution in [0.5, 0.6) is 5.75 Å². The average Bonchev–Trinajstić information content (AvgIpc) is 2.98. The lowest BCUT2D eigenvalue weighted by molar-refractivity contribution is 0.190. The van der Waals surface area contributed by atoms with Crippen LogP contribution in [0.2, 0.25) is 0 Å². The van der Waals surface area contributed by atoms with Crippen LogP contribution in [0.1, 0.15) is 24.4 Å². The average molecular weight is 519 g/mol. The van der Waals surface area contributed by atoms with Crippen molar-refractivity contribution < 1.29 is 9.53 Å². The fraction of sp³-hybridized carbons (Fsp3) is 0.156. The van der Waals surface area contributed by atoms with E-state index < -0.39 is 6.04 Å². The highest BCUT2D eigenvalue weighted by molar-refractivity contribution is 5.89. The van der Waals surface area contributed by atoms with Gasteiger partial charge in [-0.1, -0.05) is 72.8 Å². The molecule has 7 heteroatoms. The minimum absolute atomic E-state index is 0.224. The molecule has 2 amide bonds. The van der Waals surface area contributed by atoms with Gasteiger partial charge < -0.3 is 15.0 Å². The Morgan fingerprint density at radius 1 is 0.897 bits per heavy atom. The van der Waals surface area contributed by atoms with Crippen molar-refractivity contribution in [1.82, 2.24) is 14.5 Å². The molecule has 0 fully saturated rings. The fourth-order valence-electron chi connectivity index (χ4n) is 4.70. The molecule has 0 spiro atoms. The van der Waals surface area contributed by atoms with Crippen molar-refractivity contribution in [3.63, 3.8) is 0 Å². The zero-order valence-electron chi connectivity index (χ0n) is 22.0. The number of hydrogen-bond acceptors (Lipinski definition) is 4. The van der Waals surface area contributed by atoms with E-state index in [-0.39, 0.29) is 11.6 Å². The minimum Gasteiger partial charge on any atom is -0.495 e. The molecular formula is C32H30N4O3. The third-order valence-corrected chi connectivity index (χ3v) is 6.74. The van der Waals surface area contributed by atoms with Crippen molar-refractivity contribution in [2.45, 2.75) is 19.4 Å². The van der Waals surface area contributed by atoms with E-state index in [1.165, 1.54) is 0 Å². The molecule has 0 aliphatic carbocycles. The monoisotopic (exact) mass is 518 g/mol. The third-order valence-electron chi connectivity index (χ3n) is 6.74. The van der Waals surface area contributed by atoms with Gasteiger partial charge in [0.2, 0.25) is 0 Å². The number of ether oxygens (including phenoxy) is 1. The normalized spacial score (nSPS) is 11.6. The van der Waals surface area contributed by atoms with Crippen LogP contribution in [0.3, 0.4) is 0 Å². The number of hydrogen-bond donors (Lipinski definition) is 1. The second kappa shape index (κ2) is 11.6. The molecule has 1 unspecified atom stereocenters. The molecule has 0 aliphatic rings. The summed E-state index contributed by atoms with van der Waals surface area (Å²) in [5.74, 6) is 0.981. The van der Waals surface area contributed by atoms with E-state index in [2.05, 4.69) is 5.32 Å². The molecular weight excluding hydrogens is 488 g/mol. The maximum atomic E-state index is 13.9. The van der Waals surface area contributed by atoms with Crippen LogP contribution in [-0.2, 0) is 6.42 Å². The molecule has 1 heterocycles. The number of benzene rings is 4. The molecule has 4 aromatic carbocycles. The highest BCUT2D eigenvalue weighted by Gasteiger charge is 2.28. The van der Waals surface area contributed by atoms with Gasteiger partial charge in [0, 0.05) is 12.2 Å². The Hall–Kier alpha value is -4.91. The standard InChI is InChI=1S/C32H30N4O3/c1-23(35(22-21-24-13-5-3-6-14-24)32(38)33-25-15-7-4-8-16-25)30-34-27-18-10-9-17-26(27)31(37)36(30)28-19-11-12-20-29(28)39-2/h3-20,23H,21-22H2,1-2H3,(H,33,38). The Kier molecular flexibility index (Phi) is 7.68. The summed E-state index contributed by atoms with van der Waals surface area (Å²) in [5.41, 5.74) is 2.71. The first-order valence-corrected chi connectivity index (χ1v) is 12.9. The Labute approximate surface area is 227 Å². The van der Waals surface area contributed by atoms with E-state index in [0.717, 1.165) is 5.56 Å². The van der Waals surface area contributed by atoms with Gasteiger partial charge in [0.1, 0.15) is 11.6 Å². The van der Waals surface area contributed by atoms with Gasteiger partial charge in [-0.3, -0.25) is 9.36 Å². The number of fused-ring (bicyclic) bond motifs is 1. The van der Waals surface area contributed by atoms with Gasteiger partial charge in [-0.15, -0.1) is 0 Å². The molecule has 1 atom stereocenters. The summed E-state index contributed by atoms with van der Waals surface area (Å²) in [6, 6.07) is 33.1. The van der Waals surface area contributed by atoms with Crippen molar-refractivity contribution in [1.29, 1.82) is 0 Å². The third kappa shape index (κ3) is 5.52. The first-order chi connectivity index (χ1) is 19.1. The number of carbonyl (C=O) groups is 1. The van der Waals surface area contributed by atoms with Gasteiger partial charge in [0.05, 0.1) is 29.7 Å². The van der Waals surface area contributed by atoms with E-state index in [1.807, 2.05) is 104 Å². The number of nitrogens with zero attached hydrogens (tertiary/aromatic N) is 3. The quantitative estimate of drug-likeness (QED) is 0.264. The number of para-hydroxylation sites is 4. The van der Waals surface area contributed by atoms with Crippen LogP contribution in [0.25, 0.3) is 16.6 Å². The van der Waals surface area contributed by atoms with Crippen LogP contribution < -0.4 is 15.6 Å². The van der Waals surface area contributed by atoms with Gasteiger partial charge in [0.25, 0.3) is 5.56 Å². The first-order valence-electron chi connectivity index (χ1n) is 12.9. The second-order valence-corrected chi connectivity index (χ2v) is 9.20. The topological polar surface area (TPSA) is 76.5 Å². The number of urea groups is 1. The van der Waals surface area contributed by atoms with Crippen molar-refractivity contribution >= 4 is 22.6 Å². The molecule has 0 radical (unpaired) electrons. The molecule has 1 N–H and O–H groups in total. The van der Waals surface area contributed by atoms with Crippen molar-refractivity contribution in [3.05, 3.63) is 131 Å². The number of amides is 2. The zero-order valence-corrected chi connectivity index (χ0v) is 22.0. The number of anilines is 1. The molecule has 1 aromatic heterocycles. The Morgan fingerprint density at radius 2 is 1.54 bits per heavy atom. The van der Waals surface area contributed by atoms with Gasteiger partial charge in [-0.05, 0) is 55.3 Å². The fourth-order valence-corrected chi connectivity index (χ4v) is 4.70. The van der Waals surface area contributed by atoms with E-state index in [0.29, 0.717) is 46.8 Å². The molecule has 0 aliphatic heterocycles. The molecule has 5 rings (SSSR count). The summed E-state index contributed by atoms with van der Waals surface area (Å²) >= 11 is 0. The maximum Gasteiger partial charge on any atom is 0.322 e. The zero-order chi connectivity index (χ0) is 27.2. The highest BCUT2D eigenvalue weighted by atomic mass is 16.5. The second-order valence-electron chi connectivity index (χ2n) is 9.20. The highest BCUT2D eigenvalue weighted by Crippen LogP contribution is 2.28. The lowest BCUT2D eigenvalue weighted by atomic mass is 10.1. The molecule has 0 saturated carbocycles. The maximum absolute atomic E-state index is 13.9. The van der Waals surface area contributed by atoms with Gasteiger partial charge in [-0.25, -0.2) is 9.78 Å². The van der Waals surface area contributed by atoms with Gasteiger partial charge in [-0.2, -0.15) is 0 Å². The van der Waals surface area contributed by atoms with Crippen LogP contribution in [-0.4, -0.2) is 34.1 Å². The Morgan fingerprint density at radius 3 is 2.28 bits per heavy atom.